The van der Waals surface area contributed by atoms with E-state index in [1.54, 1.807) is 13.0 Å². The Bertz CT molecular complexity index is 1300. The molecule has 1 aliphatic heterocycles. The first-order valence-corrected chi connectivity index (χ1v) is 14.2. The number of carboxylic acids is 1. The molecule has 1 aromatic rings. The van der Waals surface area contributed by atoms with Crippen LogP contribution in [0.15, 0.2) is 24.3 Å². The Labute approximate surface area is 239 Å². The number of rotatable bonds is 6. The lowest BCUT2D eigenvalue weighted by atomic mass is 9.43. The highest BCUT2D eigenvalue weighted by Crippen LogP contribution is 2.68. The number of hydrogen-bond acceptors (Lipinski definition) is 8. The van der Waals surface area contributed by atoms with E-state index in [1.807, 2.05) is 20.8 Å². The van der Waals surface area contributed by atoms with Crippen molar-refractivity contribution in [1.29, 1.82) is 0 Å². The van der Waals surface area contributed by atoms with Gasteiger partial charge in [0.05, 0.1) is 12.7 Å². The SMILES string of the molecule is C=C(C(=O)O)[C@]1(C)C[C@@H](OC(=O)COc2ccc3c(c2F)B(O)OC3)[C@@]2(C)[C@@H]3C(=O)CC[C@@]3(CC[C@@H]2C)[C@@H](C)[C@@H]1O. The van der Waals surface area contributed by atoms with Gasteiger partial charge in [0.25, 0.3) is 0 Å². The van der Waals surface area contributed by atoms with Crippen LogP contribution in [0.25, 0.3) is 0 Å². The third kappa shape index (κ3) is 4.34. The van der Waals surface area contributed by atoms with Crippen LogP contribution >= 0.6 is 0 Å². The number of carbonyl (C=O) groups is 3. The highest BCUT2D eigenvalue weighted by atomic mass is 19.1. The minimum Gasteiger partial charge on any atom is -0.479 e. The first-order valence-electron chi connectivity index (χ1n) is 14.2. The van der Waals surface area contributed by atoms with Crippen molar-refractivity contribution in [3.63, 3.8) is 0 Å². The van der Waals surface area contributed by atoms with Crippen LogP contribution in [0.5, 0.6) is 5.75 Å². The molecule has 3 fully saturated rings. The van der Waals surface area contributed by atoms with E-state index in [0.29, 0.717) is 24.8 Å². The van der Waals surface area contributed by atoms with Crippen LogP contribution in [0.2, 0.25) is 0 Å². The molecule has 0 radical (unpaired) electrons. The minimum atomic E-state index is -1.43. The molecule has 3 saturated carbocycles. The third-order valence-corrected chi connectivity index (χ3v) is 11.2. The lowest BCUT2D eigenvalue weighted by Crippen LogP contribution is -2.63. The maximum absolute atomic E-state index is 15.0. The maximum Gasteiger partial charge on any atom is 0.494 e. The van der Waals surface area contributed by atoms with E-state index in [-0.39, 0.29) is 41.5 Å². The van der Waals surface area contributed by atoms with Gasteiger partial charge in [-0.2, -0.15) is 0 Å². The van der Waals surface area contributed by atoms with E-state index in [1.165, 1.54) is 6.07 Å². The summed E-state index contributed by atoms with van der Waals surface area (Å²) >= 11 is 0. The summed E-state index contributed by atoms with van der Waals surface area (Å²) < 4.78 is 31.6. The predicted molar refractivity (Wildman–Crippen MR) is 146 cm³/mol. The zero-order valence-corrected chi connectivity index (χ0v) is 23.9. The molecule has 222 valence electrons. The van der Waals surface area contributed by atoms with E-state index >= 15 is 0 Å². The zero-order chi connectivity index (χ0) is 30.1. The molecule has 11 heteroatoms. The molecule has 0 saturated heterocycles. The number of hydrogen-bond donors (Lipinski definition) is 3. The molecule has 3 aliphatic carbocycles. The molecular weight excluding hydrogens is 534 g/mol. The van der Waals surface area contributed by atoms with Gasteiger partial charge < -0.3 is 29.4 Å². The van der Waals surface area contributed by atoms with Crippen molar-refractivity contribution in [3.8, 4) is 5.75 Å². The van der Waals surface area contributed by atoms with Crippen LogP contribution in [-0.2, 0) is 30.4 Å². The molecule has 0 spiro atoms. The Hall–Kier alpha value is -2.76. The smallest absolute Gasteiger partial charge is 0.479 e. The Balaban J connectivity index is 1.49. The monoisotopic (exact) mass is 572 g/mol. The first-order chi connectivity index (χ1) is 19.2. The minimum absolute atomic E-state index is 0.0402. The van der Waals surface area contributed by atoms with E-state index in [9.17, 15) is 34.0 Å². The summed E-state index contributed by atoms with van der Waals surface area (Å²) in [6.07, 6.45) is 0.204. The molecule has 1 heterocycles. The molecule has 9 nitrogen and oxygen atoms in total. The van der Waals surface area contributed by atoms with Crippen LogP contribution in [0.1, 0.15) is 65.4 Å². The molecule has 3 N–H and O–H groups in total. The first kappa shape index (κ1) is 29.7. The number of benzene rings is 1. The van der Waals surface area contributed by atoms with Crippen LogP contribution in [0.4, 0.5) is 4.39 Å². The Morgan fingerprint density at radius 3 is 2.63 bits per heavy atom. The fraction of sp³-hybridized carbons (Fsp3) is 0.633. The van der Waals surface area contributed by atoms with Gasteiger partial charge in [0, 0.05) is 34.2 Å². The zero-order valence-electron chi connectivity index (χ0n) is 23.9. The molecule has 1 aromatic carbocycles. The average molecular weight is 572 g/mol. The van der Waals surface area contributed by atoms with Gasteiger partial charge in [-0.1, -0.05) is 40.3 Å². The summed E-state index contributed by atoms with van der Waals surface area (Å²) in [6.45, 7) is 10.7. The molecule has 0 amide bonds. The summed E-state index contributed by atoms with van der Waals surface area (Å²) in [4.78, 5) is 39.1. The number of ether oxygens (including phenoxy) is 2. The summed E-state index contributed by atoms with van der Waals surface area (Å²) in [5.41, 5.74) is -2.54. The van der Waals surface area contributed by atoms with Crippen molar-refractivity contribution in [2.45, 2.75) is 78.6 Å². The van der Waals surface area contributed by atoms with Crippen molar-refractivity contribution < 1.29 is 48.1 Å². The number of ketones is 1. The third-order valence-electron chi connectivity index (χ3n) is 11.2. The molecule has 4 aliphatic rings. The summed E-state index contributed by atoms with van der Waals surface area (Å²) in [5.74, 6) is -4.03. The van der Waals surface area contributed by atoms with Crippen molar-refractivity contribution in [2.24, 2.45) is 34.0 Å². The highest BCUT2D eigenvalue weighted by molar-refractivity contribution is 6.61. The van der Waals surface area contributed by atoms with Gasteiger partial charge in [0.1, 0.15) is 11.9 Å². The van der Waals surface area contributed by atoms with Crippen LogP contribution in [0, 0.1) is 39.8 Å². The Morgan fingerprint density at radius 1 is 1.24 bits per heavy atom. The summed E-state index contributed by atoms with van der Waals surface area (Å²) in [5, 5.41) is 31.6. The second kappa shape index (κ2) is 10.2. The summed E-state index contributed by atoms with van der Waals surface area (Å²) in [6, 6.07) is 2.89. The molecule has 5 rings (SSSR count). The average Bonchev–Trinajstić information content (AvgIpc) is 3.49. The van der Waals surface area contributed by atoms with Gasteiger partial charge in [-0.15, -0.1) is 0 Å². The number of esters is 1. The number of aliphatic hydroxyl groups excluding tert-OH is 1. The van der Waals surface area contributed by atoms with Gasteiger partial charge >= 0.3 is 19.1 Å². The molecule has 0 aromatic heterocycles. The van der Waals surface area contributed by atoms with E-state index in [2.05, 4.69) is 6.58 Å². The lowest BCUT2D eigenvalue weighted by Gasteiger charge is -2.62. The molecule has 0 unspecified atom stereocenters. The van der Waals surface area contributed by atoms with Gasteiger partial charge in [0.2, 0.25) is 0 Å². The second-order valence-corrected chi connectivity index (χ2v) is 13.0. The largest absolute Gasteiger partial charge is 0.494 e. The maximum atomic E-state index is 15.0. The fourth-order valence-corrected chi connectivity index (χ4v) is 8.51. The molecule has 41 heavy (non-hydrogen) atoms. The summed E-state index contributed by atoms with van der Waals surface area (Å²) in [7, 11) is -1.43. The van der Waals surface area contributed by atoms with Crippen LogP contribution in [0.3, 0.4) is 0 Å². The Morgan fingerprint density at radius 2 is 1.95 bits per heavy atom. The van der Waals surface area contributed by atoms with Crippen LogP contribution in [-0.4, -0.2) is 58.9 Å². The second-order valence-electron chi connectivity index (χ2n) is 13.0. The van der Waals surface area contributed by atoms with Gasteiger partial charge in [-0.05, 0) is 54.6 Å². The topological polar surface area (TPSA) is 140 Å². The Kier molecular flexibility index (Phi) is 7.40. The van der Waals surface area contributed by atoms with Crippen molar-refractivity contribution in [2.75, 3.05) is 6.61 Å². The van der Waals surface area contributed by atoms with Crippen LogP contribution < -0.4 is 10.2 Å². The quantitative estimate of drug-likeness (QED) is 0.267. The molecular formula is C30H38BFO9. The van der Waals surface area contributed by atoms with Crippen molar-refractivity contribution in [1.82, 2.24) is 0 Å². The van der Waals surface area contributed by atoms with Gasteiger partial charge in [0.15, 0.2) is 18.2 Å². The predicted octanol–water partition coefficient (Wildman–Crippen LogP) is 2.78. The van der Waals surface area contributed by atoms with Crippen molar-refractivity contribution in [3.05, 3.63) is 35.7 Å². The lowest BCUT2D eigenvalue weighted by molar-refractivity contribution is -0.209. The number of fused-ring (bicyclic) bond motifs is 1. The molecule has 8 atom stereocenters. The highest BCUT2D eigenvalue weighted by Gasteiger charge is 2.69. The van der Waals surface area contributed by atoms with E-state index < -0.39 is 71.8 Å². The van der Waals surface area contributed by atoms with Gasteiger partial charge in [-0.25, -0.2) is 14.0 Å². The number of carbonyl (C=O) groups excluding carboxylic acids is 2. The standard InChI is InChI=1S/C30H38BFO9/c1-15-8-10-30-11-9-19(33)25(30)29(15,5)21(12-28(4,17(3)27(36)37)26(35)16(30)2)41-22(34)14-39-20-7-6-18-13-40-31(38)23(18)24(20)32/h6-7,15-16,21,25-26,35,38H,3,8-14H2,1-2,4-5H3,(H,36,37)/t15-,16-,21+,25-,26-,28-,29-,30-/m0/s1. The van der Waals surface area contributed by atoms with E-state index in [0.717, 1.165) is 6.42 Å². The number of aliphatic hydroxyl groups is 1. The van der Waals surface area contributed by atoms with Crippen molar-refractivity contribution >= 4 is 30.3 Å². The molecule has 2 bridgehead atoms. The normalized spacial score (nSPS) is 38.0. The van der Waals surface area contributed by atoms with Gasteiger partial charge in [-0.3, -0.25) is 4.79 Å². The number of aliphatic carboxylic acids is 1. The van der Waals surface area contributed by atoms with E-state index in [4.69, 9.17) is 14.1 Å². The number of halogens is 1. The fourth-order valence-electron chi connectivity index (χ4n) is 8.51. The number of carboxylic acid groups (broad SMARTS) is 1. The number of Topliss-reactive ketones (excluding diaryl/α,β-unsaturated/α-hetero) is 1.